The van der Waals surface area contributed by atoms with Gasteiger partial charge in [0.25, 0.3) is 0 Å². The SMILES string of the molecule is CCOC(=O)C(C(C)=O)C(c1ccc(C)cc1)n1nnc2ccccc21. The van der Waals surface area contributed by atoms with Crippen LogP contribution in [0.2, 0.25) is 0 Å². The van der Waals surface area contributed by atoms with Crippen LogP contribution in [0.1, 0.15) is 31.0 Å². The van der Waals surface area contributed by atoms with Gasteiger partial charge in [0.1, 0.15) is 17.2 Å². The average molecular weight is 351 g/mol. The van der Waals surface area contributed by atoms with Gasteiger partial charge in [-0.15, -0.1) is 5.10 Å². The van der Waals surface area contributed by atoms with E-state index in [2.05, 4.69) is 10.3 Å². The van der Waals surface area contributed by atoms with Crippen molar-refractivity contribution in [1.82, 2.24) is 15.0 Å². The van der Waals surface area contributed by atoms with Gasteiger partial charge in [-0.3, -0.25) is 9.59 Å². The van der Waals surface area contributed by atoms with Crippen LogP contribution >= 0.6 is 0 Å². The number of fused-ring (bicyclic) bond motifs is 1. The van der Waals surface area contributed by atoms with Crippen LogP contribution in [-0.4, -0.2) is 33.4 Å². The van der Waals surface area contributed by atoms with Crippen LogP contribution in [0, 0.1) is 12.8 Å². The molecule has 0 aliphatic rings. The molecule has 0 saturated carbocycles. The van der Waals surface area contributed by atoms with Gasteiger partial charge in [0.15, 0.2) is 0 Å². The van der Waals surface area contributed by atoms with Crippen molar-refractivity contribution in [3.05, 3.63) is 59.7 Å². The molecule has 1 aromatic heterocycles. The molecule has 0 amide bonds. The van der Waals surface area contributed by atoms with Gasteiger partial charge in [-0.1, -0.05) is 47.2 Å². The standard InChI is InChI=1S/C20H21N3O3/c1-4-26-20(25)18(14(3)24)19(15-11-9-13(2)10-12-15)23-17-8-6-5-7-16(17)21-22-23/h5-12,18-19H,4H2,1-3H3. The first kappa shape index (κ1) is 17.8. The number of carbonyl (C=O) groups is 2. The fraction of sp³-hybridized carbons (Fsp3) is 0.300. The number of carbonyl (C=O) groups excluding carboxylic acids is 2. The first-order chi connectivity index (χ1) is 12.5. The van der Waals surface area contributed by atoms with E-state index in [1.807, 2.05) is 55.5 Å². The molecule has 0 aliphatic heterocycles. The van der Waals surface area contributed by atoms with Crippen LogP contribution in [-0.2, 0) is 14.3 Å². The molecule has 3 rings (SSSR count). The van der Waals surface area contributed by atoms with E-state index in [-0.39, 0.29) is 12.4 Å². The third kappa shape index (κ3) is 3.35. The average Bonchev–Trinajstić information content (AvgIpc) is 3.04. The molecule has 0 aliphatic carbocycles. The van der Waals surface area contributed by atoms with Crippen LogP contribution in [0.15, 0.2) is 48.5 Å². The zero-order chi connectivity index (χ0) is 18.7. The van der Waals surface area contributed by atoms with Crippen molar-refractivity contribution in [2.75, 3.05) is 6.61 Å². The van der Waals surface area contributed by atoms with Crippen molar-refractivity contribution in [2.45, 2.75) is 26.8 Å². The molecule has 0 bridgehead atoms. The van der Waals surface area contributed by atoms with E-state index in [0.29, 0.717) is 5.52 Å². The second kappa shape index (κ2) is 7.47. The number of ether oxygens (including phenoxy) is 1. The molecule has 2 unspecified atom stereocenters. The minimum Gasteiger partial charge on any atom is -0.465 e. The van der Waals surface area contributed by atoms with Gasteiger partial charge in [0.05, 0.1) is 18.2 Å². The number of benzene rings is 2. The van der Waals surface area contributed by atoms with E-state index in [9.17, 15) is 9.59 Å². The minimum absolute atomic E-state index is 0.210. The van der Waals surface area contributed by atoms with Gasteiger partial charge in [-0.25, -0.2) is 4.68 Å². The third-order valence-corrected chi connectivity index (χ3v) is 4.35. The highest BCUT2D eigenvalue weighted by Gasteiger charge is 2.37. The molecule has 0 spiro atoms. The largest absolute Gasteiger partial charge is 0.465 e. The van der Waals surface area contributed by atoms with Crippen LogP contribution in [0.5, 0.6) is 0 Å². The summed E-state index contributed by atoms with van der Waals surface area (Å²) in [6.45, 7) is 5.32. The summed E-state index contributed by atoms with van der Waals surface area (Å²) in [5.74, 6) is -1.82. The lowest BCUT2D eigenvalue weighted by Gasteiger charge is -2.25. The fourth-order valence-corrected chi connectivity index (χ4v) is 3.08. The second-order valence-electron chi connectivity index (χ2n) is 6.22. The Morgan fingerprint density at radius 1 is 1.12 bits per heavy atom. The van der Waals surface area contributed by atoms with Crippen molar-refractivity contribution >= 4 is 22.8 Å². The van der Waals surface area contributed by atoms with E-state index in [1.165, 1.54) is 6.92 Å². The molecule has 134 valence electrons. The van der Waals surface area contributed by atoms with Crippen LogP contribution in [0.3, 0.4) is 0 Å². The van der Waals surface area contributed by atoms with Gasteiger partial charge in [-0.2, -0.15) is 0 Å². The fourth-order valence-electron chi connectivity index (χ4n) is 3.08. The number of Topliss-reactive ketones (excluding diaryl/α,β-unsaturated/α-hetero) is 1. The number of rotatable bonds is 6. The number of aryl methyl sites for hydroxylation is 1. The van der Waals surface area contributed by atoms with Crippen LogP contribution in [0.25, 0.3) is 11.0 Å². The third-order valence-electron chi connectivity index (χ3n) is 4.35. The summed E-state index contributed by atoms with van der Waals surface area (Å²) in [6, 6.07) is 14.6. The maximum Gasteiger partial charge on any atom is 0.319 e. The highest BCUT2D eigenvalue weighted by molar-refractivity contribution is 5.99. The normalized spacial score (nSPS) is 13.3. The van der Waals surface area contributed by atoms with Crippen LogP contribution in [0.4, 0.5) is 0 Å². The van der Waals surface area contributed by atoms with Crippen molar-refractivity contribution in [3.8, 4) is 0 Å². The summed E-state index contributed by atoms with van der Waals surface area (Å²) in [5.41, 5.74) is 3.36. The number of aromatic nitrogens is 3. The Morgan fingerprint density at radius 2 is 1.81 bits per heavy atom. The predicted molar refractivity (Wildman–Crippen MR) is 97.7 cm³/mol. The predicted octanol–water partition coefficient (Wildman–Crippen LogP) is 3.10. The van der Waals surface area contributed by atoms with E-state index in [0.717, 1.165) is 16.6 Å². The van der Waals surface area contributed by atoms with Crippen molar-refractivity contribution in [2.24, 2.45) is 5.92 Å². The van der Waals surface area contributed by atoms with Gasteiger partial charge < -0.3 is 4.74 Å². The Morgan fingerprint density at radius 3 is 2.46 bits per heavy atom. The number of hydrogen-bond acceptors (Lipinski definition) is 5. The first-order valence-electron chi connectivity index (χ1n) is 8.56. The lowest BCUT2D eigenvalue weighted by Crippen LogP contribution is -2.34. The molecule has 26 heavy (non-hydrogen) atoms. The highest BCUT2D eigenvalue weighted by Crippen LogP contribution is 2.31. The zero-order valence-corrected chi connectivity index (χ0v) is 15.0. The second-order valence-corrected chi connectivity index (χ2v) is 6.22. The maximum atomic E-state index is 12.6. The molecule has 2 aromatic carbocycles. The summed E-state index contributed by atoms with van der Waals surface area (Å²) < 4.78 is 6.82. The number of nitrogens with zero attached hydrogens (tertiary/aromatic N) is 3. The van der Waals surface area contributed by atoms with Gasteiger partial charge in [0.2, 0.25) is 0 Å². The number of para-hydroxylation sites is 1. The van der Waals surface area contributed by atoms with Crippen molar-refractivity contribution < 1.29 is 14.3 Å². The van der Waals surface area contributed by atoms with Gasteiger partial charge >= 0.3 is 5.97 Å². The minimum atomic E-state index is -0.997. The summed E-state index contributed by atoms with van der Waals surface area (Å²) in [5, 5.41) is 8.43. The number of ketones is 1. The zero-order valence-electron chi connectivity index (χ0n) is 15.0. The monoisotopic (exact) mass is 351 g/mol. The van der Waals surface area contributed by atoms with Crippen molar-refractivity contribution in [1.29, 1.82) is 0 Å². The van der Waals surface area contributed by atoms with E-state index in [1.54, 1.807) is 11.6 Å². The Bertz CT molecular complexity index is 931. The molecule has 2 atom stereocenters. The number of esters is 1. The van der Waals surface area contributed by atoms with Gasteiger partial charge in [0, 0.05) is 0 Å². The molecule has 0 radical (unpaired) electrons. The summed E-state index contributed by atoms with van der Waals surface area (Å²) >= 11 is 0. The Kier molecular flexibility index (Phi) is 5.11. The molecular weight excluding hydrogens is 330 g/mol. The smallest absolute Gasteiger partial charge is 0.319 e. The lowest BCUT2D eigenvalue weighted by molar-refractivity contribution is -0.152. The summed E-state index contributed by atoms with van der Waals surface area (Å²) in [6.07, 6.45) is 0. The summed E-state index contributed by atoms with van der Waals surface area (Å²) in [7, 11) is 0. The highest BCUT2D eigenvalue weighted by atomic mass is 16.5. The topological polar surface area (TPSA) is 74.1 Å². The Labute approximate surface area is 151 Å². The quantitative estimate of drug-likeness (QED) is 0.504. The molecular formula is C20H21N3O3. The molecule has 6 heteroatoms. The number of hydrogen-bond donors (Lipinski definition) is 0. The Hall–Kier alpha value is -3.02. The van der Waals surface area contributed by atoms with E-state index in [4.69, 9.17) is 4.74 Å². The summed E-state index contributed by atoms with van der Waals surface area (Å²) in [4.78, 5) is 25.0. The molecule has 0 N–H and O–H groups in total. The molecule has 3 aromatic rings. The lowest BCUT2D eigenvalue weighted by atomic mass is 9.89. The maximum absolute atomic E-state index is 12.6. The molecule has 0 saturated heterocycles. The Balaban J connectivity index is 2.20. The molecule has 0 fully saturated rings. The van der Waals surface area contributed by atoms with E-state index >= 15 is 0 Å². The van der Waals surface area contributed by atoms with E-state index < -0.39 is 17.9 Å². The van der Waals surface area contributed by atoms with Crippen molar-refractivity contribution in [3.63, 3.8) is 0 Å². The molecule has 6 nitrogen and oxygen atoms in total. The molecule has 1 heterocycles. The van der Waals surface area contributed by atoms with Gasteiger partial charge in [-0.05, 0) is 38.5 Å². The first-order valence-corrected chi connectivity index (χ1v) is 8.56. The van der Waals surface area contributed by atoms with Crippen LogP contribution < -0.4 is 0 Å².